The zero-order valence-corrected chi connectivity index (χ0v) is 8.56. The van der Waals surface area contributed by atoms with Crippen LogP contribution < -0.4 is 0 Å². The van der Waals surface area contributed by atoms with E-state index in [0.29, 0.717) is 0 Å². The SMILES string of the molecule is C=C(O[Si](C)(C)C)N(C)C. The zero-order valence-electron chi connectivity index (χ0n) is 7.56. The van der Waals surface area contributed by atoms with E-state index >= 15 is 0 Å². The predicted molar refractivity (Wildman–Crippen MR) is 47.3 cm³/mol. The van der Waals surface area contributed by atoms with Crippen molar-refractivity contribution < 1.29 is 4.43 Å². The van der Waals surface area contributed by atoms with E-state index in [9.17, 15) is 0 Å². The highest BCUT2D eigenvalue weighted by Gasteiger charge is 2.17. The van der Waals surface area contributed by atoms with Crippen LogP contribution in [-0.4, -0.2) is 27.3 Å². The molecule has 0 bridgehead atoms. The van der Waals surface area contributed by atoms with Crippen molar-refractivity contribution >= 4 is 8.32 Å². The quantitative estimate of drug-likeness (QED) is 0.460. The smallest absolute Gasteiger partial charge is 0.244 e. The van der Waals surface area contributed by atoms with Crippen LogP contribution in [0.3, 0.4) is 0 Å². The Morgan fingerprint density at radius 3 is 1.80 bits per heavy atom. The number of hydrogen-bond acceptors (Lipinski definition) is 2. The first-order chi connectivity index (χ1) is 4.33. The summed E-state index contributed by atoms with van der Waals surface area (Å²) in [6.07, 6.45) is 0. The highest BCUT2D eigenvalue weighted by molar-refractivity contribution is 6.70. The fourth-order valence-electron chi connectivity index (χ4n) is 0.445. The van der Waals surface area contributed by atoms with Crippen molar-refractivity contribution in [1.29, 1.82) is 0 Å². The van der Waals surface area contributed by atoms with E-state index in [4.69, 9.17) is 4.43 Å². The van der Waals surface area contributed by atoms with Crippen molar-refractivity contribution in [2.75, 3.05) is 14.1 Å². The highest BCUT2D eigenvalue weighted by Crippen LogP contribution is 2.09. The molecule has 2 nitrogen and oxygen atoms in total. The van der Waals surface area contributed by atoms with Crippen LogP contribution in [0.4, 0.5) is 0 Å². The molecule has 0 unspecified atom stereocenters. The van der Waals surface area contributed by atoms with Gasteiger partial charge in [-0.15, -0.1) is 0 Å². The second-order valence-corrected chi connectivity index (χ2v) is 7.93. The van der Waals surface area contributed by atoms with Crippen molar-refractivity contribution in [3.63, 3.8) is 0 Å². The maximum Gasteiger partial charge on any atom is 0.244 e. The molecule has 10 heavy (non-hydrogen) atoms. The number of nitrogens with zero attached hydrogens (tertiary/aromatic N) is 1. The Hall–Kier alpha value is -0.443. The first kappa shape index (κ1) is 9.56. The Morgan fingerprint density at radius 1 is 1.30 bits per heavy atom. The monoisotopic (exact) mass is 159 g/mol. The van der Waals surface area contributed by atoms with Gasteiger partial charge in [0.1, 0.15) is 0 Å². The van der Waals surface area contributed by atoms with Crippen LogP contribution in [0.2, 0.25) is 19.6 Å². The molecule has 0 saturated carbocycles. The van der Waals surface area contributed by atoms with Gasteiger partial charge in [-0.25, -0.2) is 0 Å². The van der Waals surface area contributed by atoms with Crippen LogP contribution in [0, 0.1) is 0 Å². The third kappa shape index (κ3) is 4.44. The first-order valence-corrected chi connectivity index (χ1v) is 6.79. The summed E-state index contributed by atoms with van der Waals surface area (Å²) < 4.78 is 5.57. The van der Waals surface area contributed by atoms with E-state index in [1.54, 1.807) is 0 Å². The van der Waals surface area contributed by atoms with Crippen LogP contribution in [0.5, 0.6) is 0 Å². The molecule has 0 atom stereocenters. The minimum absolute atomic E-state index is 0.763. The maximum atomic E-state index is 5.57. The van der Waals surface area contributed by atoms with Gasteiger partial charge in [-0.05, 0) is 26.2 Å². The van der Waals surface area contributed by atoms with Crippen LogP contribution >= 0.6 is 0 Å². The second-order valence-electron chi connectivity index (χ2n) is 3.50. The summed E-state index contributed by atoms with van der Waals surface area (Å²) in [5.74, 6) is 0.763. The van der Waals surface area contributed by atoms with Gasteiger partial charge in [0.25, 0.3) is 0 Å². The minimum Gasteiger partial charge on any atom is -0.533 e. The summed E-state index contributed by atoms with van der Waals surface area (Å²) in [7, 11) is 2.44. The van der Waals surface area contributed by atoms with E-state index in [1.165, 1.54) is 0 Å². The molecule has 0 aliphatic carbocycles. The van der Waals surface area contributed by atoms with E-state index in [1.807, 2.05) is 19.0 Å². The Balaban J connectivity index is 3.81. The van der Waals surface area contributed by atoms with Gasteiger partial charge in [-0.3, -0.25) is 0 Å². The van der Waals surface area contributed by atoms with Crippen LogP contribution in [-0.2, 0) is 4.43 Å². The third-order valence-electron chi connectivity index (χ3n) is 0.923. The number of rotatable bonds is 3. The Labute approximate surface area is 64.6 Å². The van der Waals surface area contributed by atoms with Crippen LogP contribution in [0.25, 0.3) is 0 Å². The van der Waals surface area contributed by atoms with Crippen molar-refractivity contribution in [2.24, 2.45) is 0 Å². The van der Waals surface area contributed by atoms with Gasteiger partial charge >= 0.3 is 0 Å². The standard InChI is InChI=1S/C7H17NOSi/c1-7(8(2)3)9-10(4,5)6/h1H2,2-6H3. The molecule has 0 rings (SSSR count). The predicted octanol–water partition coefficient (Wildman–Crippen LogP) is 1.87. The summed E-state index contributed by atoms with van der Waals surface area (Å²) in [6.45, 7) is 10.2. The molecule has 0 spiro atoms. The van der Waals surface area contributed by atoms with E-state index in [2.05, 4.69) is 26.2 Å². The Kier molecular flexibility index (Phi) is 2.96. The van der Waals surface area contributed by atoms with Gasteiger partial charge in [0, 0.05) is 14.1 Å². The van der Waals surface area contributed by atoms with E-state index in [0.717, 1.165) is 5.88 Å². The van der Waals surface area contributed by atoms with Crippen LogP contribution in [0.15, 0.2) is 12.5 Å². The number of hydrogen-bond donors (Lipinski definition) is 0. The summed E-state index contributed by atoms with van der Waals surface area (Å²) in [4.78, 5) is 1.89. The molecule has 0 N–H and O–H groups in total. The first-order valence-electron chi connectivity index (χ1n) is 3.38. The Bertz CT molecular complexity index is 126. The lowest BCUT2D eigenvalue weighted by atomic mass is 10.8. The van der Waals surface area contributed by atoms with Gasteiger partial charge in [-0.2, -0.15) is 0 Å². The summed E-state index contributed by atoms with van der Waals surface area (Å²) >= 11 is 0. The lowest BCUT2D eigenvalue weighted by Gasteiger charge is -2.25. The summed E-state index contributed by atoms with van der Waals surface area (Å²) in [6, 6.07) is 0. The van der Waals surface area contributed by atoms with E-state index < -0.39 is 8.32 Å². The van der Waals surface area contributed by atoms with Gasteiger partial charge in [0.05, 0.1) is 0 Å². The molecule has 60 valence electrons. The minimum atomic E-state index is -1.42. The molecule has 0 aromatic heterocycles. The molecule has 3 heteroatoms. The maximum absolute atomic E-state index is 5.57. The molecule has 0 aromatic rings. The molecule has 0 saturated heterocycles. The fraction of sp³-hybridized carbons (Fsp3) is 0.714. The van der Waals surface area contributed by atoms with Gasteiger partial charge in [0.15, 0.2) is 5.88 Å². The third-order valence-corrected chi connectivity index (χ3v) is 1.77. The Morgan fingerprint density at radius 2 is 1.70 bits per heavy atom. The molecular weight excluding hydrogens is 142 g/mol. The summed E-state index contributed by atoms with van der Waals surface area (Å²) in [5, 5.41) is 0. The van der Waals surface area contributed by atoms with Crippen molar-refractivity contribution in [1.82, 2.24) is 4.90 Å². The van der Waals surface area contributed by atoms with Gasteiger partial charge in [-0.1, -0.05) is 0 Å². The zero-order chi connectivity index (χ0) is 8.36. The highest BCUT2D eigenvalue weighted by atomic mass is 28.4. The second kappa shape index (κ2) is 3.10. The largest absolute Gasteiger partial charge is 0.533 e. The van der Waals surface area contributed by atoms with Crippen molar-refractivity contribution in [2.45, 2.75) is 19.6 Å². The molecule has 0 radical (unpaired) electrons. The molecule has 0 fully saturated rings. The normalized spacial score (nSPS) is 10.9. The molecule has 0 aliphatic rings. The van der Waals surface area contributed by atoms with Crippen molar-refractivity contribution in [3.8, 4) is 0 Å². The lowest BCUT2D eigenvalue weighted by molar-refractivity contribution is 0.279. The fourth-order valence-corrected chi connectivity index (χ4v) is 1.33. The lowest BCUT2D eigenvalue weighted by Crippen LogP contribution is -2.29. The average Bonchev–Trinajstić information content (AvgIpc) is 1.60. The molecule has 0 aromatic carbocycles. The van der Waals surface area contributed by atoms with E-state index in [-0.39, 0.29) is 0 Å². The average molecular weight is 159 g/mol. The molecule has 0 aliphatic heterocycles. The van der Waals surface area contributed by atoms with Crippen LogP contribution in [0.1, 0.15) is 0 Å². The molecule has 0 heterocycles. The molecule has 0 amide bonds. The summed E-state index contributed by atoms with van der Waals surface area (Å²) in [5.41, 5.74) is 0. The van der Waals surface area contributed by atoms with Crippen molar-refractivity contribution in [3.05, 3.63) is 12.5 Å². The van der Waals surface area contributed by atoms with Gasteiger partial charge in [0.2, 0.25) is 8.32 Å². The molecular formula is C7H17NOSi. The van der Waals surface area contributed by atoms with Gasteiger partial charge < -0.3 is 9.33 Å². The topological polar surface area (TPSA) is 12.5 Å².